The van der Waals surface area contributed by atoms with E-state index in [0.717, 1.165) is 25.3 Å². The molecule has 1 fully saturated rings. The van der Waals surface area contributed by atoms with Gasteiger partial charge in [-0.3, -0.25) is 4.99 Å². The highest BCUT2D eigenvalue weighted by atomic mass is 32.2. The van der Waals surface area contributed by atoms with Crippen molar-refractivity contribution in [1.29, 1.82) is 0 Å². The van der Waals surface area contributed by atoms with Gasteiger partial charge in [0.15, 0.2) is 15.8 Å². The van der Waals surface area contributed by atoms with E-state index >= 15 is 0 Å². The normalized spacial score (nSPS) is 25.2. The highest BCUT2D eigenvalue weighted by Crippen LogP contribution is 2.32. The quantitative estimate of drug-likeness (QED) is 0.621. The van der Waals surface area contributed by atoms with Crippen LogP contribution in [0.5, 0.6) is 0 Å². The molecule has 1 aromatic rings. The Hall–Kier alpha value is -1.56. The number of rotatable bonds is 5. The Labute approximate surface area is 151 Å². The van der Waals surface area contributed by atoms with Gasteiger partial charge in [-0.25, -0.2) is 8.42 Å². The van der Waals surface area contributed by atoms with E-state index in [4.69, 9.17) is 0 Å². The van der Waals surface area contributed by atoms with Crippen LogP contribution in [0.1, 0.15) is 43.7 Å². The monoisotopic (exact) mass is 363 g/mol. The van der Waals surface area contributed by atoms with E-state index < -0.39 is 9.84 Å². The average Bonchev–Trinajstić information content (AvgIpc) is 3.12. The molecule has 0 amide bonds. The summed E-state index contributed by atoms with van der Waals surface area (Å²) in [6.45, 7) is 5.60. The van der Waals surface area contributed by atoms with Crippen LogP contribution in [-0.2, 0) is 16.3 Å². The highest BCUT2D eigenvalue weighted by molar-refractivity contribution is 7.91. The van der Waals surface area contributed by atoms with Gasteiger partial charge in [-0.2, -0.15) is 0 Å². The van der Waals surface area contributed by atoms with Crippen LogP contribution in [0.3, 0.4) is 0 Å². The Bertz CT molecular complexity index is 728. The van der Waals surface area contributed by atoms with Crippen molar-refractivity contribution >= 4 is 15.8 Å². The lowest BCUT2D eigenvalue weighted by atomic mass is 10.0. The number of aryl methyl sites for hydroxylation is 1. The van der Waals surface area contributed by atoms with Crippen molar-refractivity contribution in [3.8, 4) is 0 Å². The van der Waals surface area contributed by atoms with Crippen molar-refractivity contribution in [2.75, 3.05) is 24.6 Å². The minimum Gasteiger partial charge on any atom is -0.356 e. The minimum absolute atomic E-state index is 0.156. The second kappa shape index (κ2) is 7.77. The fourth-order valence-electron chi connectivity index (χ4n) is 3.74. The van der Waals surface area contributed by atoms with Crippen molar-refractivity contribution in [2.45, 2.75) is 45.1 Å². The molecule has 1 aliphatic carbocycles. The van der Waals surface area contributed by atoms with E-state index in [2.05, 4.69) is 53.7 Å². The van der Waals surface area contributed by atoms with Crippen molar-refractivity contribution in [3.05, 3.63) is 35.4 Å². The first-order valence-electron chi connectivity index (χ1n) is 9.26. The molecule has 1 aliphatic heterocycles. The fraction of sp³-hybridized carbons (Fsp3) is 0.632. The van der Waals surface area contributed by atoms with Gasteiger partial charge in [0.2, 0.25) is 0 Å². The molecule has 25 heavy (non-hydrogen) atoms. The molecule has 0 aromatic heterocycles. The molecular formula is C19H29N3O2S. The third-order valence-electron chi connectivity index (χ3n) is 5.03. The van der Waals surface area contributed by atoms with E-state index in [0.29, 0.717) is 18.2 Å². The third kappa shape index (κ3) is 4.97. The largest absolute Gasteiger partial charge is 0.356 e. The molecule has 0 spiro atoms. The summed E-state index contributed by atoms with van der Waals surface area (Å²) in [5.74, 6) is 2.06. The molecule has 5 nitrogen and oxygen atoms in total. The topological polar surface area (TPSA) is 70.6 Å². The van der Waals surface area contributed by atoms with Gasteiger partial charge in [-0.1, -0.05) is 24.3 Å². The molecule has 2 N–H and O–H groups in total. The van der Waals surface area contributed by atoms with Crippen molar-refractivity contribution < 1.29 is 8.42 Å². The zero-order chi connectivity index (χ0) is 17.9. The minimum atomic E-state index is -2.84. The van der Waals surface area contributed by atoms with Crippen molar-refractivity contribution in [2.24, 2.45) is 10.9 Å². The second-order valence-electron chi connectivity index (χ2n) is 7.57. The first kappa shape index (κ1) is 18.2. The maximum atomic E-state index is 11.6. The van der Waals surface area contributed by atoms with E-state index in [1.807, 2.05) is 0 Å². The first-order valence-corrected chi connectivity index (χ1v) is 11.1. The summed E-state index contributed by atoms with van der Waals surface area (Å²) in [5.41, 5.74) is 2.90. The number of benzene rings is 1. The fourth-order valence-corrected chi connectivity index (χ4v) is 5.59. The molecule has 3 rings (SSSR count). The van der Waals surface area contributed by atoms with Crippen LogP contribution >= 0.6 is 0 Å². The van der Waals surface area contributed by atoms with Crippen LogP contribution < -0.4 is 10.6 Å². The Morgan fingerprint density at radius 3 is 2.80 bits per heavy atom. The van der Waals surface area contributed by atoms with Gasteiger partial charge in [0.05, 0.1) is 11.5 Å². The van der Waals surface area contributed by atoms with Crippen LogP contribution in [0.2, 0.25) is 0 Å². The highest BCUT2D eigenvalue weighted by Gasteiger charge is 2.27. The molecule has 2 unspecified atom stereocenters. The number of aliphatic imine (C=N–C) groups is 1. The molecule has 2 atom stereocenters. The molecule has 2 aliphatic rings. The molecule has 138 valence electrons. The standard InChI is InChI=1S/C19H29N3O2S/c1-14(2)22-19(20-11-15-9-10-25(23,24)13-15)21-12-17-8-7-16-5-3-4-6-18(16)17/h3-6,14-15,17H,7-13H2,1-2H3,(H2,20,21,22). The molecule has 1 aromatic carbocycles. The van der Waals surface area contributed by atoms with Gasteiger partial charge >= 0.3 is 0 Å². The zero-order valence-corrected chi connectivity index (χ0v) is 16.0. The maximum Gasteiger partial charge on any atom is 0.191 e. The van der Waals surface area contributed by atoms with E-state index in [9.17, 15) is 8.42 Å². The van der Waals surface area contributed by atoms with Gasteiger partial charge in [0.25, 0.3) is 0 Å². The SMILES string of the molecule is CC(C)NC(=NCC1CCS(=O)(=O)C1)NCC1CCc2ccccc21. The summed E-state index contributed by atoms with van der Waals surface area (Å²) in [6.07, 6.45) is 3.05. The van der Waals surface area contributed by atoms with Crippen LogP contribution in [0.15, 0.2) is 29.3 Å². The lowest BCUT2D eigenvalue weighted by Crippen LogP contribution is -2.42. The molecule has 0 bridgehead atoms. The van der Waals surface area contributed by atoms with Gasteiger partial charge in [-0.05, 0) is 50.2 Å². The Kier molecular flexibility index (Phi) is 5.67. The van der Waals surface area contributed by atoms with E-state index in [1.165, 1.54) is 17.5 Å². The van der Waals surface area contributed by atoms with Gasteiger partial charge in [0.1, 0.15) is 0 Å². The summed E-state index contributed by atoms with van der Waals surface area (Å²) in [4.78, 5) is 4.66. The van der Waals surface area contributed by atoms with Crippen LogP contribution in [0, 0.1) is 5.92 Å². The molecular weight excluding hydrogens is 334 g/mol. The maximum absolute atomic E-state index is 11.6. The zero-order valence-electron chi connectivity index (χ0n) is 15.2. The lowest BCUT2D eigenvalue weighted by molar-refractivity contribution is 0.584. The first-order chi connectivity index (χ1) is 11.9. The van der Waals surface area contributed by atoms with Crippen molar-refractivity contribution in [1.82, 2.24) is 10.6 Å². The molecule has 0 saturated carbocycles. The number of guanidine groups is 1. The number of nitrogens with one attached hydrogen (secondary N) is 2. The number of nitrogens with zero attached hydrogens (tertiary/aromatic N) is 1. The predicted octanol–water partition coefficient (Wildman–Crippen LogP) is 2.09. The smallest absolute Gasteiger partial charge is 0.191 e. The van der Waals surface area contributed by atoms with Gasteiger partial charge < -0.3 is 10.6 Å². The predicted molar refractivity (Wildman–Crippen MR) is 103 cm³/mol. The Morgan fingerprint density at radius 2 is 2.08 bits per heavy atom. The van der Waals surface area contributed by atoms with Crippen LogP contribution in [0.25, 0.3) is 0 Å². The second-order valence-corrected chi connectivity index (χ2v) is 9.80. The van der Waals surface area contributed by atoms with E-state index in [1.54, 1.807) is 0 Å². The van der Waals surface area contributed by atoms with E-state index in [-0.39, 0.29) is 17.7 Å². The summed E-state index contributed by atoms with van der Waals surface area (Å²) >= 11 is 0. The van der Waals surface area contributed by atoms with Crippen molar-refractivity contribution in [3.63, 3.8) is 0 Å². The summed E-state index contributed by atoms with van der Waals surface area (Å²) < 4.78 is 23.2. The van der Waals surface area contributed by atoms with Crippen LogP contribution in [0.4, 0.5) is 0 Å². The van der Waals surface area contributed by atoms with Gasteiger partial charge in [-0.15, -0.1) is 0 Å². The number of fused-ring (bicyclic) bond motifs is 1. The molecule has 1 saturated heterocycles. The summed E-state index contributed by atoms with van der Waals surface area (Å²) in [7, 11) is -2.84. The Balaban J connectivity index is 1.59. The third-order valence-corrected chi connectivity index (χ3v) is 6.87. The molecule has 1 heterocycles. The van der Waals surface area contributed by atoms with Gasteiger partial charge in [0, 0.05) is 25.0 Å². The van der Waals surface area contributed by atoms with Crippen LogP contribution in [-0.4, -0.2) is 45.0 Å². The average molecular weight is 364 g/mol. The molecule has 6 heteroatoms. The Morgan fingerprint density at radius 1 is 1.28 bits per heavy atom. The summed E-state index contributed by atoms with van der Waals surface area (Å²) in [5, 5.41) is 6.83. The number of hydrogen-bond donors (Lipinski definition) is 2. The number of sulfone groups is 1. The lowest BCUT2D eigenvalue weighted by Gasteiger charge is -2.19. The number of hydrogen-bond acceptors (Lipinski definition) is 3. The summed E-state index contributed by atoms with van der Waals surface area (Å²) in [6, 6.07) is 8.95. The molecule has 0 radical (unpaired) electrons.